The maximum atomic E-state index is 5.50. The summed E-state index contributed by atoms with van der Waals surface area (Å²) in [6.45, 7) is 0.917. The molecule has 0 spiro atoms. The molecule has 1 atom stereocenters. The minimum absolute atomic E-state index is 0.568. The largest absolute Gasteiger partial charge is 0.394 e. The van der Waals surface area contributed by atoms with E-state index in [0.717, 1.165) is 12.5 Å². The van der Waals surface area contributed by atoms with Gasteiger partial charge in [0.2, 0.25) is 0 Å². The van der Waals surface area contributed by atoms with Gasteiger partial charge < -0.3 is 11.1 Å². The Hall–Kier alpha value is -2.06. The Balaban J connectivity index is 0.000000206. The Labute approximate surface area is 158 Å². The molecular weight excluding hydrogens is 316 g/mol. The second-order valence-electron chi connectivity index (χ2n) is 7.45. The van der Waals surface area contributed by atoms with E-state index in [-0.39, 0.29) is 0 Å². The smallest absolute Gasteiger partial charge is 0.0138 e. The number of hydrogen-bond acceptors (Lipinski definition) is 2. The molecule has 0 bridgehead atoms. The van der Waals surface area contributed by atoms with Gasteiger partial charge in [0.25, 0.3) is 0 Å². The maximum absolute atomic E-state index is 5.50. The standard InChI is InChI=1S/C17H17N.C7H15N/c1-18-11-10-13-6-2-4-8-15(13)17-12-14-7-3-5-9-16(14)17;8-6-7-4-2-1-3-5-7/h2-11,17-18H,12H2,1H3;7H,1-6,8H2. The van der Waals surface area contributed by atoms with Crippen LogP contribution in [0.25, 0.3) is 6.08 Å². The van der Waals surface area contributed by atoms with Gasteiger partial charge in [0.15, 0.2) is 0 Å². The Morgan fingerprint density at radius 3 is 2.31 bits per heavy atom. The van der Waals surface area contributed by atoms with E-state index < -0.39 is 0 Å². The number of benzene rings is 2. The lowest BCUT2D eigenvalue weighted by atomic mass is 9.72. The molecule has 0 saturated heterocycles. The molecule has 0 aromatic heterocycles. The van der Waals surface area contributed by atoms with Gasteiger partial charge in [0, 0.05) is 13.0 Å². The predicted octanol–water partition coefficient (Wildman–Crippen LogP) is 5.09. The summed E-state index contributed by atoms with van der Waals surface area (Å²) < 4.78 is 0. The van der Waals surface area contributed by atoms with Crippen LogP contribution in [-0.4, -0.2) is 13.6 Å². The highest BCUT2D eigenvalue weighted by Gasteiger charge is 2.27. The van der Waals surface area contributed by atoms with Gasteiger partial charge in [-0.1, -0.05) is 67.8 Å². The monoisotopic (exact) mass is 348 g/mol. The molecule has 2 aliphatic rings. The fourth-order valence-corrected chi connectivity index (χ4v) is 4.11. The van der Waals surface area contributed by atoms with Crippen molar-refractivity contribution in [1.29, 1.82) is 0 Å². The average molecular weight is 349 g/mol. The first-order valence-electron chi connectivity index (χ1n) is 10.0. The van der Waals surface area contributed by atoms with E-state index in [2.05, 4.69) is 59.9 Å². The van der Waals surface area contributed by atoms with Gasteiger partial charge in [-0.05, 0) is 66.3 Å². The SMILES string of the molecule is CNC=Cc1ccccc1C1Cc2ccccc21.NCC1CCCCC1. The van der Waals surface area contributed by atoms with E-state index in [1.54, 1.807) is 0 Å². The first kappa shape index (κ1) is 18.7. The third kappa shape index (κ3) is 4.56. The molecule has 4 rings (SSSR count). The lowest BCUT2D eigenvalue weighted by Crippen LogP contribution is -2.18. The zero-order valence-corrected chi connectivity index (χ0v) is 16.0. The van der Waals surface area contributed by atoms with Crippen LogP contribution in [-0.2, 0) is 6.42 Å². The van der Waals surface area contributed by atoms with Crippen molar-refractivity contribution in [2.45, 2.75) is 44.4 Å². The average Bonchev–Trinajstić information content (AvgIpc) is 2.69. The zero-order valence-electron chi connectivity index (χ0n) is 16.0. The van der Waals surface area contributed by atoms with Crippen molar-refractivity contribution in [3.63, 3.8) is 0 Å². The number of fused-ring (bicyclic) bond motifs is 1. The van der Waals surface area contributed by atoms with Crippen LogP contribution in [0.1, 0.15) is 60.3 Å². The fraction of sp³-hybridized carbons (Fsp3) is 0.417. The molecule has 0 amide bonds. The Bertz CT molecular complexity index is 714. The highest BCUT2D eigenvalue weighted by Crippen LogP contribution is 2.41. The van der Waals surface area contributed by atoms with Crippen LogP contribution in [0.3, 0.4) is 0 Å². The second-order valence-corrected chi connectivity index (χ2v) is 7.45. The molecule has 2 heteroatoms. The Kier molecular flexibility index (Phi) is 6.90. The summed E-state index contributed by atoms with van der Waals surface area (Å²) in [6, 6.07) is 17.4. The molecule has 2 aromatic rings. The summed E-state index contributed by atoms with van der Waals surface area (Å²) in [6.07, 6.45) is 12.4. The third-order valence-corrected chi connectivity index (χ3v) is 5.71. The molecule has 138 valence electrons. The summed E-state index contributed by atoms with van der Waals surface area (Å²) in [5.41, 5.74) is 11.2. The number of nitrogens with two attached hydrogens (primary N) is 1. The Morgan fingerprint density at radius 1 is 0.962 bits per heavy atom. The van der Waals surface area contributed by atoms with Crippen molar-refractivity contribution in [3.8, 4) is 0 Å². The first-order valence-corrected chi connectivity index (χ1v) is 10.0. The van der Waals surface area contributed by atoms with Crippen LogP contribution in [0.2, 0.25) is 0 Å². The predicted molar refractivity (Wildman–Crippen MR) is 112 cm³/mol. The van der Waals surface area contributed by atoms with Gasteiger partial charge >= 0.3 is 0 Å². The molecule has 26 heavy (non-hydrogen) atoms. The quantitative estimate of drug-likeness (QED) is 0.807. The van der Waals surface area contributed by atoms with Gasteiger partial charge in [-0.25, -0.2) is 0 Å². The Morgan fingerprint density at radius 2 is 1.65 bits per heavy atom. The molecule has 2 aliphatic carbocycles. The van der Waals surface area contributed by atoms with Gasteiger partial charge in [0.1, 0.15) is 0 Å². The van der Waals surface area contributed by atoms with Crippen LogP contribution in [0.4, 0.5) is 0 Å². The summed E-state index contributed by atoms with van der Waals surface area (Å²) in [4.78, 5) is 0. The van der Waals surface area contributed by atoms with Gasteiger partial charge in [-0.3, -0.25) is 0 Å². The van der Waals surface area contributed by atoms with Crippen molar-refractivity contribution in [2.24, 2.45) is 11.7 Å². The van der Waals surface area contributed by atoms with Gasteiger partial charge in [-0.2, -0.15) is 0 Å². The molecule has 2 nitrogen and oxygen atoms in total. The van der Waals surface area contributed by atoms with Crippen molar-refractivity contribution in [1.82, 2.24) is 5.32 Å². The number of nitrogens with one attached hydrogen (secondary N) is 1. The summed E-state index contributed by atoms with van der Waals surface area (Å²) in [5, 5.41) is 3.06. The highest BCUT2D eigenvalue weighted by atomic mass is 14.8. The van der Waals surface area contributed by atoms with E-state index in [4.69, 9.17) is 5.73 Å². The summed E-state index contributed by atoms with van der Waals surface area (Å²) in [7, 11) is 1.93. The van der Waals surface area contributed by atoms with Crippen LogP contribution in [0.15, 0.2) is 54.7 Å². The van der Waals surface area contributed by atoms with Gasteiger partial charge in [0.05, 0.1) is 0 Å². The van der Waals surface area contributed by atoms with Crippen LogP contribution >= 0.6 is 0 Å². The van der Waals surface area contributed by atoms with Crippen LogP contribution in [0.5, 0.6) is 0 Å². The van der Waals surface area contributed by atoms with Crippen molar-refractivity contribution in [2.75, 3.05) is 13.6 Å². The molecule has 0 heterocycles. The van der Waals surface area contributed by atoms with Crippen LogP contribution < -0.4 is 11.1 Å². The normalized spacial score (nSPS) is 19.2. The maximum Gasteiger partial charge on any atom is 0.0138 e. The van der Waals surface area contributed by atoms with E-state index >= 15 is 0 Å². The zero-order chi connectivity index (χ0) is 18.2. The van der Waals surface area contributed by atoms with Crippen molar-refractivity contribution >= 4 is 6.08 Å². The number of rotatable bonds is 4. The third-order valence-electron chi connectivity index (χ3n) is 5.71. The lowest BCUT2D eigenvalue weighted by Gasteiger charge is -2.31. The molecule has 1 unspecified atom stereocenters. The van der Waals surface area contributed by atoms with Crippen molar-refractivity contribution in [3.05, 3.63) is 77.0 Å². The van der Waals surface area contributed by atoms with Crippen LogP contribution in [0, 0.1) is 5.92 Å². The molecule has 1 fully saturated rings. The van der Waals surface area contributed by atoms with E-state index in [1.165, 1.54) is 60.8 Å². The molecule has 3 N–H and O–H groups in total. The minimum atomic E-state index is 0.568. The molecule has 1 saturated carbocycles. The molecule has 2 aromatic carbocycles. The first-order chi connectivity index (χ1) is 12.8. The summed E-state index contributed by atoms with van der Waals surface area (Å²) in [5.74, 6) is 1.43. The molecule has 0 aliphatic heterocycles. The molecular formula is C24H32N2. The van der Waals surface area contributed by atoms with E-state index in [9.17, 15) is 0 Å². The second kappa shape index (κ2) is 9.59. The minimum Gasteiger partial charge on any atom is -0.394 e. The highest BCUT2D eigenvalue weighted by molar-refractivity contribution is 5.59. The van der Waals surface area contributed by atoms with Gasteiger partial charge in [-0.15, -0.1) is 0 Å². The fourth-order valence-electron chi connectivity index (χ4n) is 4.11. The van der Waals surface area contributed by atoms with Crippen molar-refractivity contribution < 1.29 is 0 Å². The van der Waals surface area contributed by atoms with E-state index in [1.807, 2.05) is 13.2 Å². The topological polar surface area (TPSA) is 38.0 Å². The van der Waals surface area contributed by atoms with E-state index in [0.29, 0.717) is 5.92 Å². The summed E-state index contributed by atoms with van der Waals surface area (Å²) >= 11 is 0. The number of hydrogen-bond donors (Lipinski definition) is 2. The lowest BCUT2D eigenvalue weighted by molar-refractivity contribution is 0.366. The molecule has 0 radical (unpaired) electrons.